The van der Waals surface area contributed by atoms with Crippen LogP contribution in [-0.2, 0) is 0 Å². The molecular formula is C10H10ClN3. The summed E-state index contributed by atoms with van der Waals surface area (Å²) in [6, 6.07) is 3.81. The van der Waals surface area contributed by atoms with Gasteiger partial charge in [-0.05, 0) is 31.5 Å². The Kier molecular flexibility index (Phi) is 2.04. The van der Waals surface area contributed by atoms with Gasteiger partial charge >= 0.3 is 0 Å². The molecule has 0 radical (unpaired) electrons. The molecule has 14 heavy (non-hydrogen) atoms. The first-order chi connectivity index (χ1) is 6.58. The third-order valence-electron chi connectivity index (χ3n) is 2.03. The quantitative estimate of drug-likeness (QED) is 0.722. The van der Waals surface area contributed by atoms with Crippen molar-refractivity contribution in [2.45, 2.75) is 13.8 Å². The van der Waals surface area contributed by atoms with Crippen molar-refractivity contribution in [1.82, 2.24) is 9.97 Å². The summed E-state index contributed by atoms with van der Waals surface area (Å²) >= 11 is 6.06. The Morgan fingerprint density at radius 1 is 1.21 bits per heavy atom. The highest BCUT2D eigenvalue weighted by molar-refractivity contribution is 6.36. The molecule has 2 N–H and O–H groups in total. The van der Waals surface area contributed by atoms with Crippen LogP contribution in [0.4, 0.5) is 5.82 Å². The van der Waals surface area contributed by atoms with E-state index in [0.717, 1.165) is 16.5 Å². The predicted octanol–water partition coefficient (Wildman–Crippen LogP) is 2.48. The number of fused-ring (bicyclic) bond motifs is 1. The van der Waals surface area contributed by atoms with Crippen LogP contribution in [-0.4, -0.2) is 9.97 Å². The topological polar surface area (TPSA) is 51.8 Å². The largest absolute Gasteiger partial charge is 0.383 e. The molecule has 0 unspecified atom stereocenters. The number of halogens is 1. The summed E-state index contributed by atoms with van der Waals surface area (Å²) in [6.07, 6.45) is 0. The lowest BCUT2D eigenvalue weighted by molar-refractivity contribution is 1.10. The predicted molar refractivity (Wildman–Crippen MR) is 58.4 cm³/mol. The van der Waals surface area contributed by atoms with Gasteiger partial charge in [0.15, 0.2) is 0 Å². The van der Waals surface area contributed by atoms with Crippen LogP contribution in [0.1, 0.15) is 11.4 Å². The molecule has 0 saturated heterocycles. The maximum Gasteiger partial charge on any atom is 0.136 e. The van der Waals surface area contributed by atoms with Gasteiger partial charge in [-0.1, -0.05) is 11.6 Å². The second-order valence-corrected chi connectivity index (χ2v) is 3.70. The number of anilines is 1. The van der Waals surface area contributed by atoms with Gasteiger partial charge in [0.25, 0.3) is 0 Å². The van der Waals surface area contributed by atoms with Crippen molar-refractivity contribution >= 4 is 28.3 Å². The number of nitrogens with zero attached hydrogens (tertiary/aromatic N) is 2. The molecule has 0 aliphatic rings. The minimum absolute atomic E-state index is 0.442. The van der Waals surface area contributed by atoms with E-state index < -0.39 is 0 Å². The van der Waals surface area contributed by atoms with Crippen LogP contribution in [0.5, 0.6) is 0 Å². The zero-order chi connectivity index (χ0) is 10.3. The van der Waals surface area contributed by atoms with Crippen molar-refractivity contribution in [3.05, 3.63) is 28.5 Å². The van der Waals surface area contributed by atoms with Crippen molar-refractivity contribution in [2.75, 3.05) is 5.73 Å². The van der Waals surface area contributed by atoms with E-state index in [-0.39, 0.29) is 0 Å². The Morgan fingerprint density at radius 2 is 1.93 bits per heavy atom. The fourth-order valence-electron chi connectivity index (χ4n) is 1.50. The van der Waals surface area contributed by atoms with Gasteiger partial charge in [0, 0.05) is 0 Å². The maximum atomic E-state index is 6.06. The highest BCUT2D eigenvalue weighted by atomic mass is 35.5. The van der Waals surface area contributed by atoms with Gasteiger partial charge < -0.3 is 5.73 Å². The average Bonchev–Trinajstić information content (AvgIpc) is 1.99. The summed E-state index contributed by atoms with van der Waals surface area (Å²) in [5.74, 6) is 1.11. The maximum absolute atomic E-state index is 6.06. The molecule has 1 aromatic carbocycles. The number of aryl methyl sites for hydroxylation is 2. The molecule has 0 amide bonds. The van der Waals surface area contributed by atoms with E-state index in [9.17, 15) is 0 Å². The average molecular weight is 208 g/mol. The van der Waals surface area contributed by atoms with Gasteiger partial charge in [0.2, 0.25) is 0 Å². The summed E-state index contributed by atoms with van der Waals surface area (Å²) < 4.78 is 0. The molecule has 1 heterocycles. The third-order valence-corrected chi connectivity index (χ3v) is 2.33. The standard InChI is InChI=1S/C10H10ClN3/c1-5-3-7(11)9-8(4-5)13-6(2)14-10(9)12/h3-4H,1-2H3,(H2,12,13,14). The third kappa shape index (κ3) is 1.40. The molecule has 0 bridgehead atoms. The number of benzene rings is 1. The number of aromatic nitrogens is 2. The van der Waals surface area contributed by atoms with E-state index in [0.29, 0.717) is 16.7 Å². The summed E-state index contributed by atoms with van der Waals surface area (Å²) in [5, 5.41) is 1.35. The van der Waals surface area contributed by atoms with E-state index >= 15 is 0 Å². The summed E-state index contributed by atoms with van der Waals surface area (Å²) in [5.41, 5.74) is 7.65. The first-order valence-corrected chi connectivity index (χ1v) is 4.65. The van der Waals surface area contributed by atoms with Crippen molar-refractivity contribution in [2.24, 2.45) is 0 Å². The van der Waals surface area contributed by atoms with Crippen molar-refractivity contribution in [3.63, 3.8) is 0 Å². The number of hydrogen-bond acceptors (Lipinski definition) is 3. The van der Waals surface area contributed by atoms with Crippen LogP contribution in [0.2, 0.25) is 5.02 Å². The van der Waals surface area contributed by atoms with Crippen LogP contribution < -0.4 is 5.73 Å². The minimum atomic E-state index is 0.442. The second-order valence-electron chi connectivity index (χ2n) is 3.30. The second kappa shape index (κ2) is 3.10. The highest BCUT2D eigenvalue weighted by Gasteiger charge is 2.07. The Bertz CT molecular complexity index is 465. The molecule has 0 saturated carbocycles. The van der Waals surface area contributed by atoms with Gasteiger partial charge in [0.05, 0.1) is 15.9 Å². The molecule has 2 rings (SSSR count). The lowest BCUT2D eigenvalue weighted by atomic mass is 10.1. The Balaban J connectivity index is 2.94. The van der Waals surface area contributed by atoms with Crippen molar-refractivity contribution in [3.8, 4) is 0 Å². The molecule has 0 fully saturated rings. The fourth-order valence-corrected chi connectivity index (χ4v) is 1.86. The number of rotatable bonds is 0. The minimum Gasteiger partial charge on any atom is -0.383 e. The molecule has 0 aliphatic heterocycles. The van der Waals surface area contributed by atoms with Gasteiger partial charge in [-0.25, -0.2) is 9.97 Å². The normalized spacial score (nSPS) is 10.8. The number of nitrogens with two attached hydrogens (primary N) is 1. The molecular weight excluding hydrogens is 198 g/mol. The zero-order valence-electron chi connectivity index (χ0n) is 8.00. The molecule has 0 spiro atoms. The SMILES string of the molecule is Cc1cc(Cl)c2c(N)nc(C)nc2c1. The monoisotopic (exact) mass is 207 g/mol. The molecule has 0 aliphatic carbocycles. The van der Waals surface area contributed by atoms with Gasteiger partial charge in [-0.3, -0.25) is 0 Å². The lowest BCUT2D eigenvalue weighted by Gasteiger charge is -2.05. The first-order valence-electron chi connectivity index (χ1n) is 4.28. The molecule has 72 valence electrons. The molecule has 0 atom stereocenters. The fraction of sp³-hybridized carbons (Fsp3) is 0.200. The molecule has 2 aromatic rings. The summed E-state index contributed by atoms with van der Waals surface area (Å²) in [4.78, 5) is 8.36. The van der Waals surface area contributed by atoms with Gasteiger partial charge in [0.1, 0.15) is 11.6 Å². The molecule has 4 heteroatoms. The molecule has 1 aromatic heterocycles. The van der Waals surface area contributed by atoms with Crippen LogP contribution >= 0.6 is 11.6 Å². The zero-order valence-corrected chi connectivity index (χ0v) is 8.76. The molecule has 3 nitrogen and oxygen atoms in total. The van der Waals surface area contributed by atoms with E-state index in [1.54, 1.807) is 0 Å². The Morgan fingerprint density at radius 3 is 2.64 bits per heavy atom. The van der Waals surface area contributed by atoms with E-state index in [1.165, 1.54) is 0 Å². The number of nitrogen functional groups attached to an aromatic ring is 1. The van der Waals surface area contributed by atoms with Gasteiger partial charge in [-0.2, -0.15) is 0 Å². The van der Waals surface area contributed by atoms with E-state index in [1.807, 2.05) is 26.0 Å². The lowest BCUT2D eigenvalue weighted by Crippen LogP contribution is -1.98. The number of hydrogen-bond donors (Lipinski definition) is 1. The Hall–Kier alpha value is -1.35. The highest BCUT2D eigenvalue weighted by Crippen LogP contribution is 2.27. The van der Waals surface area contributed by atoms with Crippen LogP contribution in [0.3, 0.4) is 0 Å². The van der Waals surface area contributed by atoms with E-state index in [4.69, 9.17) is 17.3 Å². The Labute approximate surface area is 86.9 Å². The van der Waals surface area contributed by atoms with Crippen LogP contribution in [0, 0.1) is 13.8 Å². The van der Waals surface area contributed by atoms with Crippen molar-refractivity contribution < 1.29 is 0 Å². The van der Waals surface area contributed by atoms with Crippen LogP contribution in [0.15, 0.2) is 12.1 Å². The van der Waals surface area contributed by atoms with Gasteiger partial charge in [-0.15, -0.1) is 0 Å². The van der Waals surface area contributed by atoms with E-state index in [2.05, 4.69) is 9.97 Å². The summed E-state index contributed by atoms with van der Waals surface area (Å²) in [6.45, 7) is 3.78. The smallest absolute Gasteiger partial charge is 0.136 e. The van der Waals surface area contributed by atoms with Crippen molar-refractivity contribution in [1.29, 1.82) is 0 Å². The summed E-state index contributed by atoms with van der Waals surface area (Å²) in [7, 11) is 0. The van der Waals surface area contributed by atoms with Crippen LogP contribution in [0.25, 0.3) is 10.9 Å². The first kappa shape index (κ1) is 9.21.